The highest BCUT2D eigenvalue weighted by atomic mass is 32.1. The Morgan fingerprint density at radius 3 is 2.63 bits per heavy atom. The van der Waals surface area contributed by atoms with E-state index in [2.05, 4.69) is 20.5 Å². The number of halogens is 3. The van der Waals surface area contributed by atoms with E-state index in [1.165, 1.54) is 23.5 Å². The lowest BCUT2D eigenvalue weighted by molar-refractivity contribution is -0.137. The molecule has 10 heteroatoms. The number of nitrogens with two attached hydrogens (primary N) is 2. The predicted molar refractivity (Wildman–Crippen MR) is 113 cm³/mol. The van der Waals surface area contributed by atoms with Crippen molar-refractivity contribution in [2.75, 3.05) is 17.6 Å². The van der Waals surface area contributed by atoms with Crippen LogP contribution < -0.4 is 16.8 Å². The summed E-state index contributed by atoms with van der Waals surface area (Å²) >= 11 is 1.49. The molecule has 30 heavy (non-hydrogen) atoms. The smallest absolute Gasteiger partial charge is 0.382 e. The van der Waals surface area contributed by atoms with Crippen molar-refractivity contribution >= 4 is 33.2 Å². The lowest BCUT2D eigenvalue weighted by Crippen LogP contribution is -2.31. The second kappa shape index (κ2) is 7.96. The Bertz CT molecular complexity index is 1150. The van der Waals surface area contributed by atoms with E-state index in [0.717, 1.165) is 44.2 Å². The van der Waals surface area contributed by atoms with Gasteiger partial charge in [-0.3, -0.25) is 5.10 Å². The number of H-pyrrole nitrogens is 1. The van der Waals surface area contributed by atoms with Crippen LogP contribution in [0.25, 0.3) is 21.3 Å². The summed E-state index contributed by atoms with van der Waals surface area (Å²) in [5.41, 5.74) is 13.9. The van der Waals surface area contributed by atoms with Gasteiger partial charge in [-0.2, -0.15) is 18.3 Å². The van der Waals surface area contributed by atoms with Crippen LogP contribution in [-0.2, 0) is 12.6 Å². The van der Waals surface area contributed by atoms with Crippen molar-refractivity contribution < 1.29 is 13.2 Å². The molecule has 0 saturated carbocycles. The van der Waals surface area contributed by atoms with Crippen molar-refractivity contribution in [2.45, 2.75) is 18.6 Å². The van der Waals surface area contributed by atoms with Gasteiger partial charge in [0.15, 0.2) is 10.9 Å². The lowest BCUT2D eigenvalue weighted by atomic mass is 10.0. The van der Waals surface area contributed by atoms with Crippen molar-refractivity contribution in [1.82, 2.24) is 15.2 Å². The molecule has 0 amide bonds. The van der Waals surface area contributed by atoms with E-state index in [1.807, 2.05) is 18.2 Å². The van der Waals surface area contributed by atoms with E-state index in [4.69, 9.17) is 11.5 Å². The summed E-state index contributed by atoms with van der Waals surface area (Å²) in [7, 11) is 0. The largest absolute Gasteiger partial charge is 0.416 e. The second-order valence-corrected chi connectivity index (χ2v) is 7.97. The molecule has 0 saturated heterocycles. The van der Waals surface area contributed by atoms with E-state index >= 15 is 0 Å². The molecular weight excluding hydrogens is 413 g/mol. The van der Waals surface area contributed by atoms with Crippen LogP contribution in [0.3, 0.4) is 0 Å². The van der Waals surface area contributed by atoms with E-state index in [0.29, 0.717) is 18.8 Å². The Hall–Kier alpha value is -3.11. The van der Waals surface area contributed by atoms with Gasteiger partial charge in [0.2, 0.25) is 0 Å². The Morgan fingerprint density at radius 1 is 1.13 bits per heavy atom. The zero-order valence-electron chi connectivity index (χ0n) is 15.7. The molecule has 0 aliphatic rings. The van der Waals surface area contributed by atoms with E-state index in [1.54, 1.807) is 6.20 Å². The molecule has 4 aromatic rings. The number of fused-ring (bicyclic) bond motifs is 1. The topological polar surface area (TPSA) is 106 Å². The Kier molecular flexibility index (Phi) is 5.35. The van der Waals surface area contributed by atoms with Gasteiger partial charge >= 0.3 is 6.18 Å². The normalized spacial score (nSPS) is 12.9. The number of rotatable bonds is 6. The molecule has 1 atom stereocenters. The number of hydrogen-bond acceptors (Lipinski definition) is 6. The molecule has 6 N–H and O–H groups in total. The zero-order chi connectivity index (χ0) is 21.3. The summed E-state index contributed by atoms with van der Waals surface area (Å²) in [4.78, 5) is 5.35. The van der Waals surface area contributed by atoms with Crippen LogP contribution in [0.2, 0.25) is 0 Å². The maximum absolute atomic E-state index is 12.6. The number of nitrogen functional groups attached to an aromatic ring is 1. The number of thiazole rings is 1. The number of anilines is 2. The number of benzene rings is 2. The molecule has 0 unspecified atom stereocenters. The number of aromatic nitrogens is 3. The molecule has 0 aliphatic carbocycles. The molecule has 4 rings (SSSR count). The maximum atomic E-state index is 12.6. The lowest BCUT2D eigenvalue weighted by Gasteiger charge is -2.13. The quantitative estimate of drug-likeness (QED) is 0.364. The SMILES string of the molecule is Nc1n[nH]c2cc(-c3cnc(NC[C@@H](N)Cc4ccc(C(F)(F)F)cc4)s3)ccc12. The fourth-order valence-corrected chi connectivity index (χ4v) is 3.93. The third-order valence-corrected chi connectivity index (χ3v) is 5.68. The summed E-state index contributed by atoms with van der Waals surface area (Å²) in [6, 6.07) is 10.6. The standard InChI is InChI=1S/C20H19F3N6S/c21-20(22,23)13-4-1-11(2-5-13)7-14(24)9-26-19-27-10-17(30-19)12-3-6-15-16(8-12)28-29-18(15)25/h1-6,8,10,14H,7,9,24H2,(H,26,27)(H3,25,28,29)/t14-/m0/s1. The minimum absolute atomic E-state index is 0.265. The van der Waals surface area contributed by atoms with Gasteiger partial charge in [0, 0.05) is 24.2 Å². The van der Waals surface area contributed by atoms with Crippen LogP contribution in [-0.4, -0.2) is 27.8 Å². The van der Waals surface area contributed by atoms with Crippen LogP contribution in [0.5, 0.6) is 0 Å². The molecular formula is C20H19F3N6S. The van der Waals surface area contributed by atoms with E-state index in [-0.39, 0.29) is 6.04 Å². The first-order valence-corrected chi connectivity index (χ1v) is 9.96. The van der Waals surface area contributed by atoms with Gasteiger partial charge in [-0.25, -0.2) is 4.98 Å². The fraction of sp³-hybridized carbons (Fsp3) is 0.200. The number of aromatic amines is 1. The van der Waals surface area contributed by atoms with Crippen molar-refractivity contribution in [1.29, 1.82) is 0 Å². The second-order valence-electron chi connectivity index (χ2n) is 6.94. The predicted octanol–water partition coefficient (Wildman–Crippen LogP) is 4.27. The summed E-state index contributed by atoms with van der Waals surface area (Å²) in [6.07, 6.45) is -2.10. The Balaban J connectivity index is 1.35. The average Bonchev–Trinajstić information content (AvgIpc) is 3.33. The number of nitrogens with zero attached hydrogens (tertiary/aromatic N) is 2. The minimum atomic E-state index is -4.33. The third-order valence-electron chi connectivity index (χ3n) is 4.68. The number of hydrogen-bond donors (Lipinski definition) is 4. The Morgan fingerprint density at radius 2 is 1.90 bits per heavy atom. The van der Waals surface area contributed by atoms with Crippen molar-refractivity contribution in [3.8, 4) is 10.4 Å². The first-order valence-electron chi connectivity index (χ1n) is 9.15. The molecule has 2 aromatic carbocycles. The van der Waals surface area contributed by atoms with Gasteiger partial charge in [0.05, 0.1) is 16.0 Å². The monoisotopic (exact) mass is 432 g/mol. The molecule has 0 bridgehead atoms. The van der Waals surface area contributed by atoms with E-state index in [9.17, 15) is 13.2 Å². The zero-order valence-corrected chi connectivity index (χ0v) is 16.5. The molecule has 6 nitrogen and oxygen atoms in total. The summed E-state index contributed by atoms with van der Waals surface area (Å²) in [6.45, 7) is 0.449. The summed E-state index contributed by atoms with van der Waals surface area (Å²) in [5.74, 6) is 0.463. The van der Waals surface area contributed by atoms with E-state index < -0.39 is 11.7 Å². The summed E-state index contributed by atoms with van der Waals surface area (Å²) < 4.78 is 37.9. The van der Waals surface area contributed by atoms with Gasteiger partial charge in [0.25, 0.3) is 0 Å². The average molecular weight is 432 g/mol. The van der Waals surface area contributed by atoms with Crippen LogP contribution in [0.1, 0.15) is 11.1 Å². The number of nitrogens with one attached hydrogen (secondary N) is 2. The van der Waals surface area contributed by atoms with Gasteiger partial charge in [-0.1, -0.05) is 29.5 Å². The highest BCUT2D eigenvalue weighted by Gasteiger charge is 2.29. The maximum Gasteiger partial charge on any atom is 0.416 e. The molecule has 0 spiro atoms. The molecule has 0 fully saturated rings. The molecule has 2 aromatic heterocycles. The highest BCUT2D eigenvalue weighted by Crippen LogP contribution is 2.32. The van der Waals surface area contributed by atoms with Gasteiger partial charge in [-0.05, 0) is 41.8 Å². The highest BCUT2D eigenvalue weighted by molar-refractivity contribution is 7.18. The molecule has 2 heterocycles. The minimum Gasteiger partial charge on any atom is -0.382 e. The Labute approximate surface area is 174 Å². The van der Waals surface area contributed by atoms with Gasteiger partial charge in [-0.15, -0.1) is 0 Å². The van der Waals surface area contributed by atoms with Crippen LogP contribution in [0, 0.1) is 0 Å². The molecule has 0 radical (unpaired) electrons. The summed E-state index contributed by atoms with van der Waals surface area (Å²) in [5, 5.41) is 11.7. The van der Waals surface area contributed by atoms with Crippen LogP contribution >= 0.6 is 11.3 Å². The van der Waals surface area contributed by atoms with Crippen molar-refractivity contribution in [3.63, 3.8) is 0 Å². The fourth-order valence-electron chi connectivity index (χ4n) is 3.11. The first kappa shape index (κ1) is 20.2. The number of alkyl halides is 3. The third kappa shape index (κ3) is 4.39. The first-order chi connectivity index (χ1) is 14.3. The van der Waals surface area contributed by atoms with Gasteiger partial charge in [0.1, 0.15) is 0 Å². The molecule has 0 aliphatic heterocycles. The molecule has 156 valence electrons. The van der Waals surface area contributed by atoms with Crippen molar-refractivity contribution in [2.24, 2.45) is 5.73 Å². The van der Waals surface area contributed by atoms with Crippen LogP contribution in [0.4, 0.5) is 24.1 Å². The van der Waals surface area contributed by atoms with Gasteiger partial charge < -0.3 is 16.8 Å². The van der Waals surface area contributed by atoms with Crippen LogP contribution in [0.15, 0.2) is 48.7 Å². The van der Waals surface area contributed by atoms with Crippen molar-refractivity contribution in [3.05, 3.63) is 59.8 Å².